The lowest BCUT2D eigenvalue weighted by Gasteiger charge is -1.99. The Labute approximate surface area is 107 Å². The van der Waals surface area contributed by atoms with Crippen LogP contribution in [-0.4, -0.2) is 20.3 Å². The molecule has 0 bridgehead atoms. The molecule has 3 rings (SSSR count). The number of thiophene rings is 1. The molecule has 6 heteroatoms. The van der Waals surface area contributed by atoms with Crippen LogP contribution in [0.15, 0.2) is 35.7 Å². The minimum Gasteiger partial charge on any atom is -0.506 e. The zero-order valence-electron chi connectivity index (χ0n) is 9.29. The largest absolute Gasteiger partial charge is 0.506 e. The number of nitrogens with zero attached hydrogens (tertiary/aromatic N) is 2. The van der Waals surface area contributed by atoms with Gasteiger partial charge in [-0.1, -0.05) is 6.07 Å². The van der Waals surface area contributed by atoms with E-state index in [1.807, 2.05) is 17.5 Å². The summed E-state index contributed by atoms with van der Waals surface area (Å²) in [6.45, 7) is 0. The summed E-state index contributed by atoms with van der Waals surface area (Å²) in [5.41, 5.74) is 6.73. The first-order chi connectivity index (χ1) is 8.74. The monoisotopic (exact) mass is 258 g/mol. The fourth-order valence-electron chi connectivity index (χ4n) is 1.61. The van der Waals surface area contributed by atoms with Crippen LogP contribution >= 0.6 is 11.3 Å². The normalized spacial score (nSPS) is 10.7. The number of nitrogen functional groups attached to an aromatic ring is 1. The highest BCUT2D eigenvalue weighted by Crippen LogP contribution is 2.27. The van der Waals surface area contributed by atoms with Crippen molar-refractivity contribution in [1.29, 1.82) is 0 Å². The molecule has 18 heavy (non-hydrogen) atoms. The Bertz CT molecular complexity index is 675. The van der Waals surface area contributed by atoms with Gasteiger partial charge in [0, 0.05) is 5.56 Å². The van der Waals surface area contributed by atoms with Gasteiger partial charge >= 0.3 is 0 Å². The van der Waals surface area contributed by atoms with E-state index >= 15 is 0 Å². The van der Waals surface area contributed by atoms with E-state index in [2.05, 4.69) is 15.2 Å². The Hall–Kier alpha value is -2.34. The molecule has 0 fully saturated rings. The molecule has 2 heterocycles. The Morgan fingerprint density at radius 2 is 2.17 bits per heavy atom. The SMILES string of the molecule is Nc1cc(-c2n[nH]c(-c3cccs3)n2)ccc1O. The third kappa shape index (κ3) is 1.82. The van der Waals surface area contributed by atoms with E-state index in [1.54, 1.807) is 23.5 Å². The summed E-state index contributed by atoms with van der Waals surface area (Å²) in [5.74, 6) is 1.35. The second-order valence-electron chi connectivity index (χ2n) is 3.76. The minimum atomic E-state index is 0.0627. The van der Waals surface area contributed by atoms with Gasteiger partial charge in [0.15, 0.2) is 11.6 Å². The van der Waals surface area contributed by atoms with Crippen LogP contribution in [0.4, 0.5) is 5.69 Å². The maximum Gasteiger partial charge on any atom is 0.181 e. The molecule has 3 aromatic rings. The maximum absolute atomic E-state index is 9.37. The number of phenols is 1. The maximum atomic E-state index is 9.37. The second kappa shape index (κ2) is 4.15. The van der Waals surface area contributed by atoms with Crippen LogP contribution in [0.3, 0.4) is 0 Å². The first-order valence-electron chi connectivity index (χ1n) is 5.29. The molecule has 1 aromatic carbocycles. The van der Waals surface area contributed by atoms with E-state index in [-0.39, 0.29) is 5.75 Å². The summed E-state index contributed by atoms with van der Waals surface area (Å²) in [6, 6.07) is 8.84. The standard InChI is InChI=1S/C12H10N4OS/c13-8-6-7(3-4-9(8)17)11-14-12(16-15-11)10-2-1-5-18-10/h1-6,17H,13H2,(H,14,15,16). The number of nitrogens with two attached hydrogens (primary N) is 1. The number of anilines is 1. The number of benzene rings is 1. The third-order valence-corrected chi connectivity index (χ3v) is 3.40. The summed E-state index contributed by atoms with van der Waals surface area (Å²) < 4.78 is 0. The Kier molecular flexibility index (Phi) is 2.49. The smallest absolute Gasteiger partial charge is 0.181 e. The highest BCUT2D eigenvalue weighted by atomic mass is 32.1. The van der Waals surface area contributed by atoms with Gasteiger partial charge in [-0.3, -0.25) is 5.10 Å². The van der Waals surface area contributed by atoms with Crippen molar-refractivity contribution < 1.29 is 5.11 Å². The molecule has 0 atom stereocenters. The van der Waals surface area contributed by atoms with Crippen LogP contribution in [0.5, 0.6) is 5.75 Å². The van der Waals surface area contributed by atoms with Crippen molar-refractivity contribution in [3.05, 3.63) is 35.7 Å². The molecule has 2 aromatic heterocycles. The lowest BCUT2D eigenvalue weighted by Crippen LogP contribution is -1.87. The van der Waals surface area contributed by atoms with Gasteiger partial charge in [0.05, 0.1) is 10.6 Å². The predicted octanol–water partition coefficient (Wildman–Crippen LogP) is 2.49. The van der Waals surface area contributed by atoms with Gasteiger partial charge in [0.2, 0.25) is 0 Å². The molecule has 0 aliphatic carbocycles. The number of nitrogens with one attached hydrogen (secondary N) is 1. The van der Waals surface area contributed by atoms with Crippen LogP contribution in [0.25, 0.3) is 22.1 Å². The predicted molar refractivity (Wildman–Crippen MR) is 71.2 cm³/mol. The average Bonchev–Trinajstić information content (AvgIpc) is 3.01. The van der Waals surface area contributed by atoms with E-state index in [9.17, 15) is 5.11 Å². The van der Waals surface area contributed by atoms with E-state index in [0.29, 0.717) is 11.5 Å². The lowest BCUT2D eigenvalue weighted by atomic mass is 10.2. The molecule has 0 spiro atoms. The number of aromatic nitrogens is 3. The number of aromatic amines is 1. The van der Waals surface area contributed by atoms with Crippen LogP contribution in [0.2, 0.25) is 0 Å². The summed E-state index contributed by atoms with van der Waals surface area (Å²) in [6.07, 6.45) is 0. The number of hydrogen-bond donors (Lipinski definition) is 3. The average molecular weight is 258 g/mol. The topological polar surface area (TPSA) is 87.8 Å². The van der Waals surface area contributed by atoms with Gasteiger partial charge in [0.1, 0.15) is 5.75 Å². The minimum absolute atomic E-state index is 0.0627. The van der Waals surface area contributed by atoms with Crippen LogP contribution in [0.1, 0.15) is 0 Å². The van der Waals surface area contributed by atoms with Crippen molar-refractivity contribution in [1.82, 2.24) is 15.2 Å². The fourth-order valence-corrected chi connectivity index (χ4v) is 2.27. The summed E-state index contributed by atoms with van der Waals surface area (Å²) in [7, 11) is 0. The summed E-state index contributed by atoms with van der Waals surface area (Å²) in [5, 5.41) is 18.4. The Balaban J connectivity index is 2.00. The molecule has 0 saturated heterocycles. The van der Waals surface area contributed by atoms with E-state index in [1.165, 1.54) is 6.07 Å². The third-order valence-electron chi connectivity index (χ3n) is 2.53. The zero-order valence-corrected chi connectivity index (χ0v) is 10.1. The summed E-state index contributed by atoms with van der Waals surface area (Å²) >= 11 is 1.59. The molecule has 5 nitrogen and oxygen atoms in total. The molecule has 0 aliphatic rings. The molecule has 90 valence electrons. The van der Waals surface area contributed by atoms with E-state index < -0.39 is 0 Å². The van der Waals surface area contributed by atoms with Crippen molar-refractivity contribution >= 4 is 17.0 Å². The van der Waals surface area contributed by atoms with Crippen LogP contribution in [-0.2, 0) is 0 Å². The number of phenolic OH excluding ortho intramolecular Hbond substituents is 1. The van der Waals surface area contributed by atoms with Gasteiger partial charge in [-0.2, -0.15) is 5.10 Å². The molecule has 0 saturated carbocycles. The molecule has 0 radical (unpaired) electrons. The molecule has 4 N–H and O–H groups in total. The number of hydrogen-bond acceptors (Lipinski definition) is 5. The zero-order chi connectivity index (χ0) is 12.5. The van der Waals surface area contributed by atoms with E-state index in [0.717, 1.165) is 16.3 Å². The van der Waals surface area contributed by atoms with Crippen molar-refractivity contribution in [2.24, 2.45) is 0 Å². The number of rotatable bonds is 2. The Morgan fingerprint density at radius 1 is 1.28 bits per heavy atom. The number of aromatic hydroxyl groups is 1. The van der Waals surface area contributed by atoms with Gasteiger partial charge in [-0.15, -0.1) is 11.3 Å². The summed E-state index contributed by atoms with van der Waals surface area (Å²) in [4.78, 5) is 5.43. The lowest BCUT2D eigenvalue weighted by molar-refractivity contribution is 0.478. The molecule has 0 amide bonds. The fraction of sp³-hybridized carbons (Fsp3) is 0. The van der Waals surface area contributed by atoms with E-state index in [4.69, 9.17) is 5.73 Å². The second-order valence-corrected chi connectivity index (χ2v) is 4.71. The molecule has 0 unspecified atom stereocenters. The highest BCUT2D eigenvalue weighted by molar-refractivity contribution is 7.13. The van der Waals surface area contributed by atoms with Gasteiger partial charge < -0.3 is 10.8 Å². The molecular weight excluding hydrogens is 248 g/mol. The first kappa shape index (κ1) is 10.8. The van der Waals surface area contributed by atoms with Gasteiger partial charge in [-0.05, 0) is 29.6 Å². The molecule has 0 aliphatic heterocycles. The number of H-pyrrole nitrogens is 1. The van der Waals surface area contributed by atoms with Crippen molar-refractivity contribution in [2.45, 2.75) is 0 Å². The van der Waals surface area contributed by atoms with Crippen molar-refractivity contribution in [2.75, 3.05) is 5.73 Å². The van der Waals surface area contributed by atoms with Gasteiger partial charge in [-0.25, -0.2) is 4.98 Å². The first-order valence-corrected chi connectivity index (χ1v) is 6.17. The van der Waals surface area contributed by atoms with Crippen molar-refractivity contribution in [3.8, 4) is 27.8 Å². The highest BCUT2D eigenvalue weighted by Gasteiger charge is 2.09. The molecular formula is C12H10N4OS. The quantitative estimate of drug-likeness (QED) is 0.486. The van der Waals surface area contributed by atoms with Gasteiger partial charge in [0.25, 0.3) is 0 Å². The van der Waals surface area contributed by atoms with Crippen LogP contribution < -0.4 is 5.73 Å². The van der Waals surface area contributed by atoms with Crippen molar-refractivity contribution in [3.63, 3.8) is 0 Å². The van der Waals surface area contributed by atoms with Crippen LogP contribution in [0, 0.1) is 0 Å². The Morgan fingerprint density at radius 3 is 2.89 bits per heavy atom.